The summed E-state index contributed by atoms with van der Waals surface area (Å²) in [7, 11) is 0. The number of hydrogen-bond donors (Lipinski definition) is 2. The topological polar surface area (TPSA) is 56.8 Å². The van der Waals surface area contributed by atoms with E-state index in [0.717, 1.165) is 58.7 Å². The quantitative estimate of drug-likeness (QED) is 0.753. The largest absolute Gasteiger partial charge is 0.374 e. The molecule has 0 bridgehead atoms. The van der Waals surface area contributed by atoms with Crippen LogP contribution in [0.15, 0.2) is 30.3 Å². The molecule has 156 valence electrons. The minimum absolute atomic E-state index is 0.0730. The van der Waals surface area contributed by atoms with Gasteiger partial charge in [0.2, 0.25) is 0 Å². The average Bonchev–Trinajstić information content (AvgIpc) is 2.67. The van der Waals surface area contributed by atoms with Gasteiger partial charge in [0.15, 0.2) is 0 Å². The van der Waals surface area contributed by atoms with E-state index in [4.69, 9.17) is 4.74 Å². The summed E-state index contributed by atoms with van der Waals surface area (Å²) in [5.74, 6) is 0.653. The van der Waals surface area contributed by atoms with Crippen molar-refractivity contribution in [2.24, 2.45) is 5.92 Å². The summed E-state index contributed by atoms with van der Waals surface area (Å²) in [5, 5.41) is 6.17. The normalized spacial score (nSPS) is 24.2. The van der Waals surface area contributed by atoms with Gasteiger partial charge in [-0.2, -0.15) is 0 Å². The molecular formula is C22H36N4O2. The number of urea groups is 1. The molecule has 1 aromatic carbocycles. The van der Waals surface area contributed by atoms with Crippen molar-refractivity contribution in [1.82, 2.24) is 20.4 Å². The smallest absolute Gasteiger partial charge is 0.315 e. The standard InChI is InChI=1S/C22H36N4O2/c1-18(2)14-26-11-12-28-21(17-26)13-23-22(27)24-20-9-6-10-25(16-20)15-19-7-4-3-5-8-19/h3-5,7-8,18,20-21H,6,9-17H2,1-2H3,(H2,23,24,27). The van der Waals surface area contributed by atoms with Gasteiger partial charge in [-0.25, -0.2) is 4.79 Å². The second-order valence-electron chi connectivity index (χ2n) is 8.56. The minimum atomic E-state index is -0.0730. The van der Waals surface area contributed by atoms with E-state index in [1.807, 2.05) is 6.07 Å². The Hall–Kier alpha value is -1.63. The first-order valence-electron chi connectivity index (χ1n) is 10.7. The zero-order valence-electron chi connectivity index (χ0n) is 17.4. The van der Waals surface area contributed by atoms with Crippen LogP contribution in [0.4, 0.5) is 4.79 Å². The van der Waals surface area contributed by atoms with E-state index in [9.17, 15) is 4.79 Å². The van der Waals surface area contributed by atoms with Crippen LogP contribution in [-0.4, -0.2) is 73.9 Å². The third kappa shape index (κ3) is 7.08. The van der Waals surface area contributed by atoms with Crippen LogP contribution in [0, 0.1) is 5.92 Å². The molecule has 2 saturated heterocycles. The monoisotopic (exact) mass is 388 g/mol. The van der Waals surface area contributed by atoms with Crippen LogP contribution in [0.5, 0.6) is 0 Å². The first-order valence-corrected chi connectivity index (χ1v) is 10.7. The molecule has 2 fully saturated rings. The van der Waals surface area contributed by atoms with Gasteiger partial charge in [-0.3, -0.25) is 9.80 Å². The predicted molar refractivity (Wildman–Crippen MR) is 112 cm³/mol. The molecule has 2 unspecified atom stereocenters. The molecule has 2 aliphatic heterocycles. The molecule has 0 aliphatic carbocycles. The number of likely N-dealkylation sites (tertiary alicyclic amines) is 1. The highest BCUT2D eigenvalue weighted by Gasteiger charge is 2.24. The Morgan fingerprint density at radius 1 is 1.18 bits per heavy atom. The molecule has 2 aliphatic rings. The number of benzene rings is 1. The van der Waals surface area contributed by atoms with Gasteiger partial charge in [0.25, 0.3) is 0 Å². The Labute approximate surface area is 169 Å². The van der Waals surface area contributed by atoms with Crippen LogP contribution in [0.3, 0.4) is 0 Å². The third-order valence-electron chi connectivity index (χ3n) is 5.43. The molecule has 0 saturated carbocycles. The van der Waals surface area contributed by atoms with Crippen molar-refractivity contribution in [3.05, 3.63) is 35.9 Å². The summed E-state index contributed by atoms with van der Waals surface area (Å²) in [6.45, 7) is 11.7. The van der Waals surface area contributed by atoms with Gasteiger partial charge < -0.3 is 15.4 Å². The van der Waals surface area contributed by atoms with E-state index in [1.165, 1.54) is 5.56 Å². The Balaban J connectivity index is 1.37. The molecule has 2 heterocycles. The van der Waals surface area contributed by atoms with Gasteiger partial charge in [-0.1, -0.05) is 44.2 Å². The maximum absolute atomic E-state index is 12.4. The van der Waals surface area contributed by atoms with E-state index in [1.54, 1.807) is 0 Å². The zero-order valence-corrected chi connectivity index (χ0v) is 17.4. The minimum Gasteiger partial charge on any atom is -0.374 e. The summed E-state index contributed by atoms with van der Waals surface area (Å²) < 4.78 is 5.82. The molecule has 6 nitrogen and oxygen atoms in total. The lowest BCUT2D eigenvalue weighted by molar-refractivity contribution is -0.0290. The summed E-state index contributed by atoms with van der Waals surface area (Å²) in [5.41, 5.74) is 1.33. The van der Waals surface area contributed by atoms with Crippen LogP contribution in [0.1, 0.15) is 32.3 Å². The molecule has 0 radical (unpaired) electrons. The molecule has 0 aromatic heterocycles. The highest BCUT2D eigenvalue weighted by atomic mass is 16.5. The summed E-state index contributed by atoms with van der Waals surface area (Å²) >= 11 is 0. The second kappa shape index (κ2) is 10.8. The van der Waals surface area contributed by atoms with Gasteiger partial charge in [0, 0.05) is 45.3 Å². The number of piperidine rings is 1. The number of carbonyl (C=O) groups excluding carboxylic acids is 1. The van der Waals surface area contributed by atoms with Gasteiger partial charge in [-0.15, -0.1) is 0 Å². The van der Waals surface area contributed by atoms with Gasteiger partial charge in [0.05, 0.1) is 12.7 Å². The van der Waals surface area contributed by atoms with Crippen molar-refractivity contribution >= 4 is 6.03 Å². The van der Waals surface area contributed by atoms with Crippen molar-refractivity contribution in [3.8, 4) is 0 Å². The van der Waals surface area contributed by atoms with Crippen LogP contribution in [0.2, 0.25) is 0 Å². The molecule has 28 heavy (non-hydrogen) atoms. The number of morpholine rings is 1. The van der Waals surface area contributed by atoms with Gasteiger partial charge in [-0.05, 0) is 30.9 Å². The average molecular weight is 389 g/mol. The highest BCUT2D eigenvalue weighted by Crippen LogP contribution is 2.14. The summed E-state index contributed by atoms with van der Waals surface area (Å²) in [6, 6.07) is 10.7. The van der Waals surface area contributed by atoms with Crippen LogP contribution in [0.25, 0.3) is 0 Å². The Morgan fingerprint density at radius 2 is 2.00 bits per heavy atom. The number of rotatable bonds is 7. The Morgan fingerprint density at radius 3 is 2.79 bits per heavy atom. The van der Waals surface area contributed by atoms with E-state index >= 15 is 0 Å². The predicted octanol–water partition coefficient (Wildman–Crippen LogP) is 2.31. The Bertz CT molecular complexity index is 595. The van der Waals surface area contributed by atoms with Crippen LogP contribution in [-0.2, 0) is 11.3 Å². The fourth-order valence-corrected chi connectivity index (χ4v) is 4.19. The van der Waals surface area contributed by atoms with E-state index in [-0.39, 0.29) is 18.2 Å². The van der Waals surface area contributed by atoms with Crippen LogP contribution >= 0.6 is 0 Å². The highest BCUT2D eigenvalue weighted by molar-refractivity contribution is 5.74. The van der Waals surface area contributed by atoms with Crippen LogP contribution < -0.4 is 10.6 Å². The fraction of sp³-hybridized carbons (Fsp3) is 0.682. The number of carbonyl (C=O) groups is 1. The Kier molecular flexibility index (Phi) is 8.13. The first-order chi connectivity index (χ1) is 13.6. The molecule has 2 atom stereocenters. The first kappa shape index (κ1) is 21.1. The lowest BCUT2D eigenvalue weighted by Crippen LogP contribution is -2.53. The molecule has 2 amide bonds. The molecule has 0 spiro atoms. The van der Waals surface area contributed by atoms with E-state index < -0.39 is 0 Å². The number of ether oxygens (including phenoxy) is 1. The molecular weight excluding hydrogens is 352 g/mol. The number of hydrogen-bond acceptors (Lipinski definition) is 4. The third-order valence-corrected chi connectivity index (χ3v) is 5.43. The summed E-state index contributed by atoms with van der Waals surface area (Å²) in [4.78, 5) is 17.2. The second-order valence-corrected chi connectivity index (χ2v) is 8.56. The van der Waals surface area contributed by atoms with E-state index in [0.29, 0.717) is 12.5 Å². The maximum atomic E-state index is 12.4. The molecule has 1 aromatic rings. The zero-order chi connectivity index (χ0) is 19.8. The molecule has 3 rings (SSSR count). The van der Waals surface area contributed by atoms with Gasteiger partial charge in [0.1, 0.15) is 0 Å². The lowest BCUT2D eigenvalue weighted by Gasteiger charge is -2.35. The van der Waals surface area contributed by atoms with E-state index in [2.05, 4.69) is 58.5 Å². The SMILES string of the molecule is CC(C)CN1CCOC(CNC(=O)NC2CCCN(Cc3ccccc3)C2)C1. The van der Waals surface area contributed by atoms with Crippen molar-refractivity contribution in [3.63, 3.8) is 0 Å². The number of nitrogens with zero attached hydrogens (tertiary/aromatic N) is 2. The van der Waals surface area contributed by atoms with Crippen molar-refractivity contribution in [1.29, 1.82) is 0 Å². The summed E-state index contributed by atoms with van der Waals surface area (Å²) in [6.07, 6.45) is 2.24. The number of nitrogens with one attached hydrogen (secondary N) is 2. The van der Waals surface area contributed by atoms with Crippen molar-refractivity contribution in [2.45, 2.75) is 45.4 Å². The fourth-order valence-electron chi connectivity index (χ4n) is 4.19. The molecule has 6 heteroatoms. The number of amides is 2. The van der Waals surface area contributed by atoms with Gasteiger partial charge >= 0.3 is 6.03 Å². The van der Waals surface area contributed by atoms with Crippen molar-refractivity contribution in [2.75, 3.05) is 45.9 Å². The molecule has 2 N–H and O–H groups in total. The maximum Gasteiger partial charge on any atom is 0.315 e. The van der Waals surface area contributed by atoms with Crippen molar-refractivity contribution < 1.29 is 9.53 Å². The lowest BCUT2D eigenvalue weighted by atomic mass is 10.0.